The first kappa shape index (κ1) is 27.9. The lowest BCUT2D eigenvalue weighted by Crippen LogP contribution is -2.53. The number of rotatable bonds is 8. The second-order valence-electron chi connectivity index (χ2n) is 10.4. The zero-order chi connectivity index (χ0) is 29.0. The zero-order valence-electron chi connectivity index (χ0n) is 24.0. The number of carbonyl (C=O) groups is 1. The van der Waals surface area contributed by atoms with E-state index in [0.717, 1.165) is 27.6 Å². The number of nitrogens with zero attached hydrogens (tertiary/aromatic N) is 3. The summed E-state index contributed by atoms with van der Waals surface area (Å²) in [5, 5.41) is 12.9. The number of amides is 1. The third-order valence-corrected chi connectivity index (χ3v) is 8.11. The van der Waals surface area contributed by atoms with Crippen molar-refractivity contribution in [3.8, 4) is 23.3 Å². The fraction of sp³-hybridized carbons (Fsp3) is 0.294. The van der Waals surface area contributed by atoms with Crippen LogP contribution in [0.1, 0.15) is 24.0 Å². The lowest BCUT2D eigenvalue weighted by Gasteiger charge is -2.41. The number of para-hydroxylation sites is 1. The average molecular weight is 550 g/mol. The van der Waals surface area contributed by atoms with Crippen molar-refractivity contribution in [2.75, 3.05) is 52.4 Å². The Hall–Kier alpha value is -4.70. The maximum Gasteiger partial charge on any atom is 0.243 e. The van der Waals surface area contributed by atoms with Gasteiger partial charge >= 0.3 is 0 Å². The van der Waals surface area contributed by atoms with E-state index in [1.165, 1.54) is 0 Å². The predicted molar refractivity (Wildman–Crippen MR) is 161 cm³/mol. The van der Waals surface area contributed by atoms with Crippen molar-refractivity contribution < 1.29 is 19.0 Å². The molecule has 1 fully saturated rings. The summed E-state index contributed by atoms with van der Waals surface area (Å²) in [5.41, 5.74) is 1.32. The summed E-state index contributed by atoms with van der Waals surface area (Å²) in [6, 6.07) is 30.1. The minimum absolute atomic E-state index is 0.188. The highest BCUT2D eigenvalue weighted by Crippen LogP contribution is 2.47. The molecule has 1 unspecified atom stereocenters. The lowest BCUT2D eigenvalue weighted by molar-refractivity contribution is -0.139. The fourth-order valence-electron chi connectivity index (χ4n) is 5.90. The number of anilines is 1. The highest BCUT2D eigenvalue weighted by atomic mass is 16.5. The smallest absolute Gasteiger partial charge is 0.243 e. The summed E-state index contributed by atoms with van der Waals surface area (Å²) in [4.78, 5) is 18.5. The Balaban J connectivity index is 1.51. The number of nitriles is 1. The number of hydrogen-bond acceptors (Lipinski definition) is 6. The molecule has 0 bridgehead atoms. The van der Waals surface area contributed by atoms with Crippen molar-refractivity contribution >= 4 is 22.4 Å². The number of benzene rings is 4. The molecule has 41 heavy (non-hydrogen) atoms. The minimum Gasteiger partial charge on any atom is -0.497 e. The molecule has 0 aromatic heterocycles. The molecule has 1 aliphatic rings. The van der Waals surface area contributed by atoms with Gasteiger partial charge in [0, 0.05) is 61.5 Å². The molecule has 1 saturated heterocycles. The maximum atomic E-state index is 14.4. The Morgan fingerprint density at radius 1 is 0.805 bits per heavy atom. The normalized spacial score (nSPS) is 15.5. The van der Waals surface area contributed by atoms with Gasteiger partial charge in [0.1, 0.15) is 22.7 Å². The number of carbonyl (C=O) groups excluding carboxylic acids is 1. The Morgan fingerprint density at radius 3 is 2.07 bits per heavy atom. The summed E-state index contributed by atoms with van der Waals surface area (Å²) in [6.07, 6.45) is 0. The van der Waals surface area contributed by atoms with Crippen LogP contribution in [0.5, 0.6) is 17.2 Å². The Labute approximate surface area is 241 Å². The van der Waals surface area contributed by atoms with E-state index in [-0.39, 0.29) is 5.91 Å². The van der Waals surface area contributed by atoms with E-state index in [9.17, 15) is 10.1 Å². The fourth-order valence-corrected chi connectivity index (χ4v) is 5.90. The first-order valence-corrected chi connectivity index (χ1v) is 13.7. The van der Waals surface area contributed by atoms with E-state index in [2.05, 4.69) is 29.2 Å². The quantitative estimate of drug-likeness (QED) is 0.273. The molecule has 1 heterocycles. The van der Waals surface area contributed by atoms with Crippen LogP contribution >= 0.6 is 0 Å². The molecule has 5 rings (SSSR count). The van der Waals surface area contributed by atoms with Gasteiger partial charge in [-0.2, -0.15) is 5.26 Å². The van der Waals surface area contributed by atoms with Gasteiger partial charge in [-0.25, -0.2) is 0 Å². The largest absolute Gasteiger partial charge is 0.497 e. The van der Waals surface area contributed by atoms with Crippen LogP contribution < -0.4 is 19.1 Å². The number of piperazine rings is 1. The molecule has 7 nitrogen and oxygen atoms in total. The van der Waals surface area contributed by atoms with Crippen molar-refractivity contribution in [3.63, 3.8) is 0 Å². The molecule has 0 radical (unpaired) electrons. The van der Waals surface area contributed by atoms with Gasteiger partial charge in [0.25, 0.3) is 0 Å². The third kappa shape index (κ3) is 5.26. The van der Waals surface area contributed by atoms with Crippen LogP contribution in [0.2, 0.25) is 0 Å². The number of fused-ring (bicyclic) bond motifs is 1. The standard InChI is InChI=1S/C34H35N3O4/c1-34(23-35,33(38)37-18-16-36(17-19-37)25-20-26(39-2)22-27(21-25)40-3)32(30-13-7-8-15-31(30)41-4)29-14-9-11-24-10-5-6-12-28(24)29/h5-15,20-22,32H,16-19H2,1-4H3/t32-,34?/m0/s1. The van der Waals surface area contributed by atoms with Gasteiger partial charge in [0.2, 0.25) is 5.91 Å². The van der Waals surface area contributed by atoms with Crippen LogP contribution in [0, 0.1) is 16.7 Å². The molecule has 0 N–H and O–H groups in total. The van der Waals surface area contributed by atoms with Crippen LogP contribution in [-0.2, 0) is 4.79 Å². The SMILES string of the molecule is COc1cc(OC)cc(N2CCN(C(=O)C(C)(C#N)[C@H](c3ccccc3OC)c3cccc4ccccc34)CC2)c1. The summed E-state index contributed by atoms with van der Waals surface area (Å²) >= 11 is 0. The molecule has 1 aliphatic heterocycles. The molecular formula is C34H35N3O4. The lowest BCUT2D eigenvalue weighted by atomic mass is 9.68. The van der Waals surface area contributed by atoms with Gasteiger partial charge in [-0.1, -0.05) is 60.7 Å². The molecule has 2 atom stereocenters. The van der Waals surface area contributed by atoms with Gasteiger partial charge in [-0.15, -0.1) is 0 Å². The summed E-state index contributed by atoms with van der Waals surface area (Å²) in [7, 11) is 4.88. The average Bonchev–Trinajstić information content (AvgIpc) is 3.04. The van der Waals surface area contributed by atoms with E-state index in [1.807, 2.05) is 71.6 Å². The molecule has 210 valence electrons. The monoisotopic (exact) mass is 549 g/mol. The van der Waals surface area contributed by atoms with E-state index >= 15 is 0 Å². The van der Waals surface area contributed by atoms with Crippen LogP contribution in [0.3, 0.4) is 0 Å². The Morgan fingerprint density at radius 2 is 1.41 bits per heavy atom. The number of methoxy groups -OCH3 is 3. The summed E-state index contributed by atoms with van der Waals surface area (Å²) in [5.74, 6) is 1.33. The first-order valence-electron chi connectivity index (χ1n) is 13.7. The molecule has 1 amide bonds. The second-order valence-corrected chi connectivity index (χ2v) is 10.4. The zero-order valence-corrected chi connectivity index (χ0v) is 24.0. The predicted octanol–water partition coefficient (Wildman–Crippen LogP) is 5.88. The van der Waals surface area contributed by atoms with Crippen LogP contribution in [0.4, 0.5) is 5.69 Å². The highest BCUT2D eigenvalue weighted by molar-refractivity contribution is 5.91. The topological polar surface area (TPSA) is 75.0 Å². The van der Waals surface area contributed by atoms with Crippen LogP contribution in [0.15, 0.2) is 84.9 Å². The molecule has 7 heteroatoms. The van der Waals surface area contributed by atoms with Gasteiger partial charge in [-0.05, 0) is 29.3 Å². The molecular weight excluding hydrogens is 514 g/mol. The minimum atomic E-state index is -1.39. The molecule has 4 aromatic rings. The van der Waals surface area contributed by atoms with Gasteiger partial charge in [0.05, 0.1) is 27.4 Å². The van der Waals surface area contributed by atoms with Crippen LogP contribution in [-0.4, -0.2) is 58.3 Å². The third-order valence-electron chi connectivity index (χ3n) is 8.11. The van der Waals surface area contributed by atoms with E-state index < -0.39 is 11.3 Å². The second kappa shape index (κ2) is 11.8. The summed E-state index contributed by atoms with van der Waals surface area (Å²) in [6.45, 7) is 4.00. The first-order chi connectivity index (χ1) is 19.9. The maximum absolute atomic E-state index is 14.4. The molecule has 0 saturated carbocycles. The molecule has 4 aromatic carbocycles. The highest BCUT2D eigenvalue weighted by Gasteiger charge is 2.47. The Kier molecular flexibility index (Phi) is 8.02. The number of ether oxygens (including phenoxy) is 3. The van der Waals surface area contributed by atoms with Gasteiger partial charge in [-0.3, -0.25) is 4.79 Å². The van der Waals surface area contributed by atoms with E-state index in [1.54, 1.807) is 28.3 Å². The van der Waals surface area contributed by atoms with Crippen molar-refractivity contribution in [2.24, 2.45) is 5.41 Å². The van der Waals surface area contributed by atoms with Gasteiger partial charge < -0.3 is 24.0 Å². The van der Waals surface area contributed by atoms with E-state index in [0.29, 0.717) is 43.4 Å². The van der Waals surface area contributed by atoms with Gasteiger partial charge in [0.15, 0.2) is 0 Å². The van der Waals surface area contributed by atoms with Crippen molar-refractivity contribution in [1.82, 2.24) is 4.90 Å². The number of hydrogen-bond donors (Lipinski definition) is 0. The van der Waals surface area contributed by atoms with Crippen molar-refractivity contribution in [3.05, 3.63) is 96.1 Å². The van der Waals surface area contributed by atoms with E-state index in [4.69, 9.17) is 14.2 Å². The molecule has 0 aliphatic carbocycles. The molecule has 0 spiro atoms. The van der Waals surface area contributed by atoms with Crippen LogP contribution in [0.25, 0.3) is 10.8 Å². The van der Waals surface area contributed by atoms with Crippen molar-refractivity contribution in [1.29, 1.82) is 5.26 Å². The summed E-state index contributed by atoms with van der Waals surface area (Å²) < 4.78 is 16.7. The van der Waals surface area contributed by atoms with Crippen molar-refractivity contribution in [2.45, 2.75) is 12.8 Å². The Bertz CT molecular complexity index is 1560.